The van der Waals surface area contributed by atoms with Crippen LogP contribution in [-0.4, -0.2) is 12.6 Å². The standard InChI is InChI=1S/C15H11FO4/c1-9(17)10-2-4-13(12(16)6-10)20-11-3-5-14-15(7-11)19-8-18-14/h2-7H,8H2,1H3. The molecule has 0 saturated carbocycles. The third kappa shape index (κ3) is 2.30. The summed E-state index contributed by atoms with van der Waals surface area (Å²) in [6, 6.07) is 9.08. The maximum atomic E-state index is 13.8. The van der Waals surface area contributed by atoms with E-state index in [1.807, 2.05) is 0 Å². The summed E-state index contributed by atoms with van der Waals surface area (Å²) in [5, 5.41) is 0. The zero-order chi connectivity index (χ0) is 14.1. The molecule has 102 valence electrons. The van der Waals surface area contributed by atoms with E-state index in [0.29, 0.717) is 22.8 Å². The van der Waals surface area contributed by atoms with Gasteiger partial charge in [-0.05, 0) is 37.3 Å². The van der Waals surface area contributed by atoms with E-state index < -0.39 is 5.82 Å². The zero-order valence-corrected chi connectivity index (χ0v) is 10.7. The van der Waals surface area contributed by atoms with E-state index in [4.69, 9.17) is 14.2 Å². The molecular formula is C15H11FO4. The second kappa shape index (κ2) is 4.85. The number of hydrogen-bond donors (Lipinski definition) is 0. The molecule has 0 aromatic heterocycles. The van der Waals surface area contributed by atoms with Gasteiger partial charge in [0.25, 0.3) is 0 Å². The fourth-order valence-corrected chi connectivity index (χ4v) is 1.87. The number of ether oxygens (including phenoxy) is 3. The average Bonchev–Trinajstić information content (AvgIpc) is 2.88. The lowest BCUT2D eigenvalue weighted by atomic mass is 10.1. The first-order valence-corrected chi connectivity index (χ1v) is 6.01. The third-order valence-corrected chi connectivity index (χ3v) is 2.91. The molecule has 0 bridgehead atoms. The second-order valence-corrected chi connectivity index (χ2v) is 4.32. The molecule has 5 heteroatoms. The van der Waals surface area contributed by atoms with Crippen molar-refractivity contribution in [2.75, 3.05) is 6.79 Å². The van der Waals surface area contributed by atoms with Crippen LogP contribution < -0.4 is 14.2 Å². The Morgan fingerprint density at radius 3 is 2.70 bits per heavy atom. The summed E-state index contributed by atoms with van der Waals surface area (Å²) in [7, 11) is 0. The van der Waals surface area contributed by atoms with Gasteiger partial charge in [0.1, 0.15) is 5.75 Å². The van der Waals surface area contributed by atoms with Crippen molar-refractivity contribution in [1.82, 2.24) is 0 Å². The molecule has 0 spiro atoms. The number of benzene rings is 2. The van der Waals surface area contributed by atoms with Crippen LogP contribution in [0.15, 0.2) is 36.4 Å². The van der Waals surface area contributed by atoms with E-state index in [1.54, 1.807) is 18.2 Å². The van der Waals surface area contributed by atoms with E-state index in [-0.39, 0.29) is 18.3 Å². The number of fused-ring (bicyclic) bond motifs is 1. The molecule has 20 heavy (non-hydrogen) atoms. The summed E-state index contributed by atoms with van der Waals surface area (Å²) in [6.07, 6.45) is 0. The van der Waals surface area contributed by atoms with Crippen LogP contribution in [0.25, 0.3) is 0 Å². The molecule has 0 saturated heterocycles. The Kier molecular flexibility index (Phi) is 3.02. The molecule has 1 heterocycles. The van der Waals surface area contributed by atoms with Gasteiger partial charge in [-0.25, -0.2) is 4.39 Å². The van der Waals surface area contributed by atoms with Crippen molar-refractivity contribution in [3.63, 3.8) is 0 Å². The van der Waals surface area contributed by atoms with Crippen molar-refractivity contribution < 1.29 is 23.4 Å². The predicted octanol–water partition coefficient (Wildman–Crippen LogP) is 3.55. The topological polar surface area (TPSA) is 44.8 Å². The highest BCUT2D eigenvalue weighted by Gasteiger charge is 2.15. The van der Waals surface area contributed by atoms with Gasteiger partial charge in [-0.1, -0.05) is 0 Å². The fourth-order valence-electron chi connectivity index (χ4n) is 1.87. The van der Waals surface area contributed by atoms with Crippen LogP contribution >= 0.6 is 0 Å². The molecule has 0 radical (unpaired) electrons. The average molecular weight is 274 g/mol. The molecule has 0 fully saturated rings. The summed E-state index contributed by atoms with van der Waals surface area (Å²) in [5.74, 6) is 0.888. The lowest BCUT2D eigenvalue weighted by molar-refractivity contribution is 0.101. The number of carbonyl (C=O) groups is 1. The lowest BCUT2D eigenvalue weighted by Crippen LogP contribution is -1.95. The Morgan fingerprint density at radius 2 is 1.95 bits per heavy atom. The van der Waals surface area contributed by atoms with E-state index in [1.165, 1.54) is 19.1 Å². The highest BCUT2D eigenvalue weighted by molar-refractivity contribution is 5.94. The van der Waals surface area contributed by atoms with Gasteiger partial charge in [0.05, 0.1) is 0 Å². The first kappa shape index (κ1) is 12.5. The SMILES string of the molecule is CC(=O)c1ccc(Oc2ccc3c(c2)OCO3)c(F)c1. The van der Waals surface area contributed by atoms with Crippen LogP contribution in [0.2, 0.25) is 0 Å². The Hall–Kier alpha value is -2.56. The van der Waals surface area contributed by atoms with Gasteiger partial charge in [-0.2, -0.15) is 0 Å². The van der Waals surface area contributed by atoms with Gasteiger partial charge in [0.15, 0.2) is 28.8 Å². The largest absolute Gasteiger partial charge is 0.454 e. The molecular weight excluding hydrogens is 263 g/mol. The van der Waals surface area contributed by atoms with Crippen molar-refractivity contribution in [2.45, 2.75) is 6.92 Å². The van der Waals surface area contributed by atoms with Crippen LogP contribution in [0.4, 0.5) is 4.39 Å². The quantitative estimate of drug-likeness (QED) is 0.803. The molecule has 2 aromatic rings. The number of carbonyl (C=O) groups excluding carboxylic acids is 1. The molecule has 0 unspecified atom stereocenters. The Balaban J connectivity index is 1.86. The molecule has 0 atom stereocenters. The summed E-state index contributed by atoms with van der Waals surface area (Å²) in [5.41, 5.74) is 0.306. The second-order valence-electron chi connectivity index (χ2n) is 4.32. The molecule has 0 amide bonds. The smallest absolute Gasteiger partial charge is 0.231 e. The van der Waals surface area contributed by atoms with Gasteiger partial charge in [-0.15, -0.1) is 0 Å². The minimum Gasteiger partial charge on any atom is -0.454 e. The zero-order valence-electron chi connectivity index (χ0n) is 10.7. The normalized spacial score (nSPS) is 12.3. The molecule has 2 aromatic carbocycles. The number of Topliss-reactive ketones (excluding diaryl/α,β-unsaturated/α-hetero) is 1. The van der Waals surface area contributed by atoms with Gasteiger partial charge < -0.3 is 14.2 Å². The fraction of sp³-hybridized carbons (Fsp3) is 0.133. The lowest BCUT2D eigenvalue weighted by Gasteiger charge is -2.08. The molecule has 1 aliphatic rings. The molecule has 1 aliphatic heterocycles. The van der Waals surface area contributed by atoms with Crippen molar-refractivity contribution >= 4 is 5.78 Å². The summed E-state index contributed by atoms with van der Waals surface area (Å²) in [4.78, 5) is 11.2. The monoisotopic (exact) mass is 274 g/mol. The molecule has 0 N–H and O–H groups in total. The van der Waals surface area contributed by atoms with Crippen LogP contribution in [0.1, 0.15) is 17.3 Å². The van der Waals surface area contributed by atoms with Gasteiger partial charge in [0, 0.05) is 11.6 Å². The van der Waals surface area contributed by atoms with Crippen molar-refractivity contribution in [1.29, 1.82) is 0 Å². The Labute approximate surface area is 114 Å². The van der Waals surface area contributed by atoms with Crippen molar-refractivity contribution in [3.8, 4) is 23.0 Å². The summed E-state index contributed by atoms with van der Waals surface area (Å²) in [6.45, 7) is 1.55. The number of hydrogen-bond acceptors (Lipinski definition) is 4. The van der Waals surface area contributed by atoms with Crippen LogP contribution in [0.3, 0.4) is 0 Å². The van der Waals surface area contributed by atoms with Gasteiger partial charge in [-0.3, -0.25) is 4.79 Å². The van der Waals surface area contributed by atoms with Crippen LogP contribution in [0.5, 0.6) is 23.0 Å². The van der Waals surface area contributed by atoms with Crippen molar-refractivity contribution in [2.24, 2.45) is 0 Å². The third-order valence-electron chi connectivity index (χ3n) is 2.91. The Bertz CT molecular complexity index is 682. The highest BCUT2D eigenvalue weighted by atomic mass is 19.1. The Morgan fingerprint density at radius 1 is 1.15 bits per heavy atom. The van der Waals surface area contributed by atoms with Gasteiger partial charge in [0.2, 0.25) is 6.79 Å². The van der Waals surface area contributed by atoms with E-state index in [9.17, 15) is 9.18 Å². The van der Waals surface area contributed by atoms with E-state index >= 15 is 0 Å². The molecule has 3 rings (SSSR count). The van der Waals surface area contributed by atoms with Crippen LogP contribution in [-0.2, 0) is 0 Å². The van der Waals surface area contributed by atoms with Gasteiger partial charge >= 0.3 is 0 Å². The predicted molar refractivity (Wildman–Crippen MR) is 69.0 cm³/mol. The first-order chi connectivity index (χ1) is 9.63. The highest BCUT2D eigenvalue weighted by Crippen LogP contribution is 2.37. The molecule has 0 aliphatic carbocycles. The minimum atomic E-state index is -0.588. The maximum Gasteiger partial charge on any atom is 0.231 e. The van der Waals surface area contributed by atoms with E-state index in [0.717, 1.165) is 6.07 Å². The van der Waals surface area contributed by atoms with E-state index in [2.05, 4.69) is 0 Å². The summed E-state index contributed by atoms with van der Waals surface area (Å²) >= 11 is 0. The first-order valence-electron chi connectivity index (χ1n) is 6.01. The summed E-state index contributed by atoms with van der Waals surface area (Å²) < 4.78 is 29.7. The maximum absolute atomic E-state index is 13.8. The van der Waals surface area contributed by atoms with Crippen LogP contribution in [0, 0.1) is 5.82 Å². The number of rotatable bonds is 3. The number of ketones is 1. The number of halogens is 1. The minimum absolute atomic E-state index is 0.0499. The van der Waals surface area contributed by atoms with Crippen molar-refractivity contribution in [3.05, 3.63) is 47.8 Å². The molecule has 4 nitrogen and oxygen atoms in total.